The van der Waals surface area contributed by atoms with Gasteiger partial charge >= 0.3 is 0 Å². The molecule has 0 bridgehead atoms. The van der Waals surface area contributed by atoms with Crippen LogP contribution < -0.4 is 4.90 Å². The fourth-order valence-electron chi connectivity index (χ4n) is 2.89. The Balaban J connectivity index is 1.51. The minimum absolute atomic E-state index is 0.671. The van der Waals surface area contributed by atoms with Crippen molar-refractivity contribution in [1.82, 2.24) is 14.9 Å². The molecule has 0 saturated carbocycles. The summed E-state index contributed by atoms with van der Waals surface area (Å²) in [5, 5.41) is 12.5. The van der Waals surface area contributed by atoms with Gasteiger partial charge in [0.1, 0.15) is 5.82 Å². The zero-order valence-electron chi connectivity index (χ0n) is 14.1. The van der Waals surface area contributed by atoms with E-state index >= 15 is 0 Å². The predicted molar refractivity (Wildman–Crippen MR) is 97.2 cm³/mol. The van der Waals surface area contributed by atoms with Crippen LogP contribution >= 0.6 is 11.3 Å². The van der Waals surface area contributed by atoms with Gasteiger partial charge in [0.2, 0.25) is 0 Å². The van der Waals surface area contributed by atoms with E-state index in [1.54, 1.807) is 23.6 Å². The summed E-state index contributed by atoms with van der Waals surface area (Å²) in [5.41, 5.74) is 1.87. The molecule has 0 radical (unpaired) electrons. The van der Waals surface area contributed by atoms with E-state index in [4.69, 9.17) is 10.2 Å². The fraction of sp³-hybridized carbons (Fsp3) is 0.500. The van der Waals surface area contributed by atoms with E-state index in [0.29, 0.717) is 5.56 Å². The van der Waals surface area contributed by atoms with Crippen molar-refractivity contribution in [1.29, 1.82) is 5.26 Å². The lowest BCUT2D eigenvalue weighted by Gasteiger charge is -2.35. The smallest absolute Gasteiger partial charge is 0.129 e. The third-order valence-corrected chi connectivity index (χ3v) is 5.26. The molecule has 1 saturated heterocycles. The van der Waals surface area contributed by atoms with Gasteiger partial charge in [-0.15, -0.1) is 11.3 Å². The molecular formula is C18H23N5S. The third kappa shape index (κ3) is 4.31. The molecule has 1 aliphatic heterocycles. The highest BCUT2D eigenvalue weighted by molar-refractivity contribution is 7.09. The van der Waals surface area contributed by atoms with Crippen LogP contribution in [0.15, 0.2) is 23.7 Å². The first-order valence-corrected chi connectivity index (χ1v) is 9.43. The Bertz CT molecular complexity index is 697. The molecule has 2 aromatic rings. The summed E-state index contributed by atoms with van der Waals surface area (Å²) in [6.45, 7) is 7.03. The van der Waals surface area contributed by atoms with Crippen molar-refractivity contribution in [3.8, 4) is 6.07 Å². The summed E-state index contributed by atoms with van der Waals surface area (Å²) in [6.07, 6.45) is 5.27. The van der Waals surface area contributed by atoms with Crippen LogP contribution in [0, 0.1) is 11.3 Å². The molecule has 0 N–H and O–H groups in total. The van der Waals surface area contributed by atoms with Gasteiger partial charge in [-0.2, -0.15) is 5.26 Å². The van der Waals surface area contributed by atoms with Crippen LogP contribution in [0.25, 0.3) is 0 Å². The van der Waals surface area contributed by atoms with E-state index in [1.165, 1.54) is 23.5 Å². The average molecular weight is 341 g/mol. The van der Waals surface area contributed by atoms with Gasteiger partial charge < -0.3 is 4.90 Å². The number of aryl methyl sites for hydroxylation is 1. The number of hydrogen-bond acceptors (Lipinski definition) is 6. The third-order valence-electron chi connectivity index (χ3n) is 4.30. The highest BCUT2D eigenvalue weighted by Crippen LogP contribution is 2.18. The lowest BCUT2D eigenvalue weighted by molar-refractivity contribution is 0.247. The van der Waals surface area contributed by atoms with Gasteiger partial charge in [-0.1, -0.05) is 13.3 Å². The SMILES string of the molecule is CCCCc1nc(CN2CCN(c3cc(C#N)ccn3)CC2)cs1. The van der Waals surface area contributed by atoms with Crippen LogP contribution in [0.5, 0.6) is 0 Å². The predicted octanol–water partition coefficient (Wildman–Crippen LogP) is 3.07. The second-order valence-corrected chi connectivity index (χ2v) is 7.06. The van der Waals surface area contributed by atoms with Crippen molar-refractivity contribution in [2.45, 2.75) is 32.7 Å². The number of hydrogen-bond donors (Lipinski definition) is 0. The first-order chi connectivity index (χ1) is 11.8. The summed E-state index contributed by atoms with van der Waals surface area (Å²) < 4.78 is 0. The largest absolute Gasteiger partial charge is 0.354 e. The lowest BCUT2D eigenvalue weighted by atomic mass is 10.2. The van der Waals surface area contributed by atoms with Crippen LogP contribution in [0.3, 0.4) is 0 Å². The number of aromatic nitrogens is 2. The van der Waals surface area contributed by atoms with Crippen molar-refractivity contribution >= 4 is 17.2 Å². The number of nitriles is 1. The quantitative estimate of drug-likeness (QED) is 0.808. The van der Waals surface area contributed by atoms with E-state index in [-0.39, 0.29) is 0 Å². The van der Waals surface area contributed by atoms with Gasteiger partial charge in [-0.25, -0.2) is 9.97 Å². The number of piperazine rings is 1. The fourth-order valence-corrected chi connectivity index (χ4v) is 3.72. The molecule has 2 aromatic heterocycles. The molecule has 1 fully saturated rings. The number of thiazole rings is 1. The average Bonchev–Trinajstić information content (AvgIpc) is 3.08. The van der Waals surface area contributed by atoms with Crippen molar-refractivity contribution in [2.24, 2.45) is 0 Å². The molecule has 0 amide bonds. The maximum atomic E-state index is 9.01. The molecule has 0 atom stereocenters. The number of pyridine rings is 1. The highest BCUT2D eigenvalue weighted by atomic mass is 32.1. The summed E-state index contributed by atoms with van der Waals surface area (Å²) in [6, 6.07) is 5.80. The molecule has 3 heterocycles. The van der Waals surface area contributed by atoms with Gasteiger partial charge in [0.05, 0.1) is 22.3 Å². The van der Waals surface area contributed by atoms with Crippen LogP contribution in [0.1, 0.15) is 36.0 Å². The summed E-state index contributed by atoms with van der Waals surface area (Å²) in [7, 11) is 0. The molecule has 24 heavy (non-hydrogen) atoms. The molecule has 1 aliphatic rings. The maximum Gasteiger partial charge on any atom is 0.129 e. The Morgan fingerprint density at radius 3 is 2.88 bits per heavy atom. The molecule has 0 aromatic carbocycles. The normalized spacial score (nSPS) is 15.4. The first kappa shape index (κ1) is 16.9. The maximum absolute atomic E-state index is 9.01. The molecule has 126 valence electrons. The first-order valence-electron chi connectivity index (χ1n) is 8.55. The van der Waals surface area contributed by atoms with E-state index in [0.717, 1.165) is 45.0 Å². The monoisotopic (exact) mass is 341 g/mol. The van der Waals surface area contributed by atoms with Crippen LogP contribution in [0.4, 0.5) is 5.82 Å². The highest BCUT2D eigenvalue weighted by Gasteiger charge is 2.19. The van der Waals surface area contributed by atoms with E-state index in [1.807, 2.05) is 6.07 Å². The molecule has 0 aliphatic carbocycles. The van der Waals surface area contributed by atoms with Crippen molar-refractivity contribution in [2.75, 3.05) is 31.1 Å². The standard InChI is InChI=1S/C18H23N5S/c1-2-3-4-18-21-16(14-24-18)13-22-7-9-23(10-8-22)17-11-15(12-19)5-6-20-17/h5-6,11,14H,2-4,7-10,13H2,1H3. The Kier molecular flexibility index (Phi) is 5.78. The summed E-state index contributed by atoms with van der Waals surface area (Å²) in [4.78, 5) is 13.9. The Hall–Kier alpha value is -1.97. The van der Waals surface area contributed by atoms with Crippen molar-refractivity contribution < 1.29 is 0 Å². The molecular weight excluding hydrogens is 318 g/mol. The number of nitrogens with zero attached hydrogens (tertiary/aromatic N) is 5. The van der Waals surface area contributed by atoms with Gasteiger partial charge in [0.15, 0.2) is 0 Å². The van der Waals surface area contributed by atoms with Gasteiger partial charge in [-0.3, -0.25) is 4.90 Å². The lowest BCUT2D eigenvalue weighted by Crippen LogP contribution is -2.46. The topological polar surface area (TPSA) is 56.1 Å². The van der Waals surface area contributed by atoms with Crippen LogP contribution in [-0.2, 0) is 13.0 Å². The molecule has 0 unspecified atom stereocenters. The van der Waals surface area contributed by atoms with Crippen LogP contribution in [-0.4, -0.2) is 41.0 Å². The number of unbranched alkanes of at least 4 members (excludes halogenated alkanes) is 1. The molecule has 6 heteroatoms. The van der Waals surface area contributed by atoms with E-state index < -0.39 is 0 Å². The van der Waals surface area contributed by atoms with E-state index in [9.17, 15) is 0 Å². The van der Waals surface area contributed by atoms with Crippen molar-refractivity contribution in [3.05, 3.63) is 40.0 Å². The minimum Gasteiger partial charge on any atom is -0.354 e. The second-order valence-electron chi connectivity index (χ2n) is 6.11. The zero-order valence-corrected chi connectivity index (χ0v) is 14.9. The Labute approximate surface area is 147 Å². The Morgan fingerprint density at radius 1 is 1.29 bits per heavy atom. The minimum atomic E-state index is 0.671. The van der Waals surface area contributed by atoms with Crippen molar-refractivity contribution in [3.63, 3.8) is 0 Å². The number of anilines is 1. The number of rotatable bonds is 6. The van der Waals surface area contributed by atoms with Gasteiger partial charge in [-0.05, 0) is 25.0 Å². The van der Waals surface area contributed by atoms with Crippen LogP contribution in [0.2, 0.25) is 0 Å². The molecule has 5 nitrogen and oxygen atoms in total. The van der Waals surface area contributed by atoms with E-state index in [2.05, 4.69) is 33.2 Å². The second kappa shape index (κ2) is 8.22. The Morgan fingerprint density at radius 2 is 2.12 bits per heavy atom. The molecule has 3 rings (SSSR count). The van der Waals surface area contributed by atoms with Gasteiger partial charge in [0.25, 0.3) is 0 Å². The van der Waals surface area contributed by atoms with Gasteiger partial charge in [0, 0.05) is 44.3 Å². The summed E-state index contributed by atoms with van der Waals surface area (Å²) in [5.74, 6) is 0.907. The molecule has 0 spiro atoms. The summed E-state index contributed by atoms with van der Waals surface area (Å²) >= 11 is 1.79. The zero-order chi connectivity index (χ0) is 16.8.